The van der Waals surface area contributed by atoms with Gasteiger partial charge in [0.05, 0.1) is 0 Å². The van der Waals surface area contributed by atoms with Crippen LogP contribution in [0.1, 0.15) is 51.2 Å². The molecule has 3 rings (SSSR count). The molecule has 0 aliphatic heterocycles. The van der Waals surface area contributed by atoms with Crippen LogP contribution in [0.5, 0.6) is 0 Å². The first-order chi connectivity index (χ1) is 9.46. The zero-order valence-electron chi connectivity index (χ0n) is 12.7. The molecule has 1 aliphatic rings. The van der Waals surface area contributed by atoms with Crippen molar-refractivity contribution in [3.8, 4) is 0 Å². The van der Waals surface area contributed by atoms with E-state index in [1.54, 1.807) is 0 Å². The highest BCUT2D eigenvalue weighted by molar-refractivity contribution is 5.86. The molecule has 0 radical (unpaired) electrons. The van der Waals surface area contributed by atoms with Crippen molar-refractivity contribution in [1.29, 1.82) is 0 Å². The Morgan fingerprint density at radius 1 is 1.20 bits per heavy atom. The summed E-state index contributed by atoms with van der Waals surface area (Å²) in [5.41, 5.74) is 9.09. The van der Waals surface area contributed by atoms with Gasteiger partial charge in [-0.15, -0.1) is 0 Å². The first kappa shape index (κ1) is 13.6. The van der Waals surface area contributed by atoms with Crippen LogP contribution in [0.2, 0.25) is 0 Å². The van der Waals surface area contributed by atoms with Gasteiger partial charge in [-0.2, -0.15) is 0 Å². The number of fused-ring (bicyclic) bond motifs is 1. The van der Waals surface area contributed by atoms with Crippen molar-refractivity contribution >= 4 is 10.8 Å². The molecule has 20 heavy (non-hydrogen) atoms. The molecular weight excluding hydrogens is 244 g/mol. The Balaban J connectivity index is 2.14. The van der Waals surface area contributed by atoms with Crippen LogP contribution in [0.3, 0.4) is 0 Å². The summed E-state index contributed by atoms with van der Waals surface area (Å²) in [6.07, 6.45) is 7.74. The Hall–Kier alpha value is -1.41. The molecule has 1 heterocycles. The molecule has 0 bridgehead atoms. The standard InChI is InChI=1S/C18H24N2/c1-17(2,3)16-11-20-10-13-9-14(5-6-15(13)16)18(12-19)7-4-8-18/h5-6,9-11H,4,7-8,12,19H2,1-3H3. The summed E-state index contributed by atoms with van der Waals surface area (Å²) in [5, 5.41) is 2.57. The zero-order valence-corrected chi connectivity index (χ0v) is 12.7. The number of hydrogen-bond acceptors (Lipinski definition) is 2. The third-order valence-corrected chi connectivity index (χ3v) is 4.88. The van der Waals surface area contributed by atoms with E-state index in [9.17, 15) is 0 Å². The molecule has 2 N–H and O–H groups in total. The van der Waals surface area contributed by atoms with Gasteiger partial charge in [0.25, 0.3) is 0 Å². The quantitative estimate of drug-likeness (QED) is 0.896. The topological polar surface area (TPSA) is 38.9 Å². The summed E-state index contributed by atoms with van der Waals surface area (Å²) in [4.78, 5) is 4.44. The number of pyridine rings is 1. The maximum atomic E-state index is 6.03. The Morgan fingerprint density at radius 2 is 1.95 bits per heavy atom. The third kappa shape index (κ3) is 2.03. The Labute approximate surface area is 121 Å². The van der Waals surface area contributed by atoms with Gasteiger partial charge in [0.2, 0.25) is 0 Å². The van der Waals surface area contributed by atoms with Gasteiger partial charge >= 0.3 is 0 Å². The highest BCUT2D eigenvalue weighted by Gasteiger charge is 2.37. The second kappa shape index (κ2) is 4.56. The van der Waals surface area contributed by atoms with Crippen molar-refractivity contribution in [3.63, 3.8) is 0 Å². The van der Waals surface area contributed by atoms with Crippen molar-refractivity contribution in [3.05, 3.63) is 41.7 Å². The monoisotopic (exact) mass is 268 g/mol. The molecule has 1 aliphatic carbocycles. The van der Waals surface area contributed by atoms with Crippen LogP contribution in [0.25, 0.3) is 10.8 Å². The Bertz CT molecular complexity index is 628. The van der Waals surface area contributed by atoms with Gasteiger partial charge in [0.1, 0.15) is 0 Å². The molecule has 0 amide bonds. The van der Waals surface area contributed by atoms with Gasteiger partial charge in [-0.1, -0.05) is 39.3 Å². The summed E-state index contributed by atoms with van der Waals surface area (Å²) in [6.45, 7) is 7.48. The van der Waals surface area contributed by atoms with Gasteiger partial charge in [0.15, 0.2) is 0 Å². The number of nitrogens with two attached hydrogens (primary N) is 1. The highest BCUT2D eigenvalue weighted by atomic mass is 14.6. The van der Waals surface area contributed by atoms with E-state index in [0.717, 1.165) is 6.54 Å². The maximum absolute atomic E-state index is 6.03. The van der Waals surface area contributed by atoms with Crippen LogP contribution < -0.4 is 5.73 Å². The van der Waals surface area contributed by atoms with Crippen LogP contribution in [0.15, 0.2) is 30.6 Å². The summed E-state index contributed by atoms with van der Waals surface area (Å²) in [7, 11) is 0. The predicted octanol–water partition coefficient (Wildman–Crippen LogP) is 3.91. The molecule has 1 aromatic heterocycles. The van der Waals surface area contributed by atoms with Crippen molar-refractivity contribution in [2.24, 2.45) is 5.73 Å². The fourth-order valence-corrected chi connectivity index (χ4v) is 3.32. The first-order valence-electron chi connectivity index (χ1n) is 7.55. The smallest absolute Gasteiger partial charge is 0.0346 e. The second-order valence-electron chi connectivity index (χ2n) is 7.21. The van der Waals surface area contributed by atoms with Crippen molar-refractivity contribution in [1.82, 2.24) is 4.98 Å². The van der Waals surface area contributed by atoms with E-state index >= 15 is 0 Å². The first-order valence-corrected chi connectivity index (χ1v) is 7.55. The molecule has 0 saturated heterocycles. The fraction of sp³-hybridized carbons (Fsp3) is 0.500. The molecule has 2 aromatic rings. The largest absolute Gasteiger partial charge is 0.330 e. The maximum Gasteiger partial charge on any atom is 0.0346 e. The van der Waals surface area contributed by atoms with Crippen molar-refractivity contribution in [2.75, 3.05) is 6.54 Å². The molecular formula is C18H24N2. The van der Waals surface area contributed by atoms with E-state index in [-0.39, 0.29) is 10.8 Å². The molecule has 2 nitrogen and oxygen atoms in total. The Kier molecular flexibility index (Phi) is 3.09. The molecule has 0 unspecified atom stereocenters. The van der Waals surface area contributed by atoms with Gasteiger partial charge < -0.3 is 5.73 Å². The minimum Gasteiger partial charge on any atom is -0.330 e. The molecule has 1 saturated carbocycles. The number of hydrogen-bond donors (Lipinski definition) is 1. The van der Waals surface area contributed by atoms with Gasteiger partial charge in [0, 0.05) is 29.7 Å². The van der Waals surface area contributed by atoms with Crippen LogP contribution in [-0.4, -0.2) is 11.5 Å². The SMILES string of the molecule is CC(C)(C)c1cncc2cc(C3(CN)CCC3)ccc12. The molecule has 1 aromatic carbocycles. The van der Waals surface area contributed by atoms with Crippen molar-refractivity contribution < 1.29 is 0 Å². The summed E-state index contributed by atoms with van der Waals surface area (Å²) >= 11 is 0. The van der Waals surface area contributed by atoms with Crippen LogP contribution >= 0.6 is 0 Å². The predicted molar refractivity (Wildman–Crippen MR) is 85.0 cm³/mol. The lowest BCUT2D eigenvalue weighted by Crippen LogP contribution is -2.41. The number of benzene rings is 1. The summed E-state index contributed by atoms with van der Waals surface area (Å²) in [6, 6.07) is 6.86. The summed E-state index contributed by atoms with van der Waals surface area (Å²) in [5.74, 6) is 0. The molecule has 2 heteroatoms. The Morgan fingerprint density at radius 3 is 2.50 bits per heavy atom. The van der Waals surface area contributed by atoms with E-state index in [1.165, 1.54) is 41.2 Å². The van der Waals surface area contributed by atoms with E-state index in [4.69, 9.17) is 5.73 Å². The second-order valence-corrected chi connectivity index (χ2v) is 7.21. The van der Waals surface area contributed by atoms with E-state index in [1.807, 2.05) is 12.4 Å². The number of aromatic nitrogens is 1. The van der Waals surface area contributed by atoms with E-state index in [2.05, 4.69) is 44.0 Å². The van der Waals surface area contributed by atoms with Gasteiger partial charge in [-0.3, -0.25) is 4.98 Å². The lowest BCUT2D eigenvalue weighted by molar-refractivity contribution is 0.253. The van der Waals surface area contributed by atoms with Gasteiger partial charge in [-0.25, -0.2) is 0 Å². The average molecular weight is 268 g/mol. The van der Waals surface area contributed by atoms with E-state index < -0.39 is 0 Å². The zero-order chi connectivity index (χ0) is 14.4. The minimum atomic E-state index is 0.121. The normalized spacial score (nSPS) is 18.0. The van der Waals surface area contributed by atoms with Crippen LogP contribution in [0, 0.1) is 0 Å². The van der Waals surface area contributed by atoms with Crippen LogP contribution in [-0.2, 0) is 10.8 Å². The lowest BCUT2D eigenvalue weighted by Gasteiger charge is -2.41. The average Bonchev–Trinajstić information content (AvgIpc) is 2.36. The minimum absolute atomic E-state index is 0.121. The van der Waals surface area contributed by atoms with E-state index in [0.29, 0.717) is 0 Å². The molecule has 0 spiro atoms. The highest BCUT2D eigenvalue weighted by Crippen LogP contribution is 2.44. The number of rotatable bonds is 2. The molecule has 106 valence electrons. The van der Waals surface area contributed by atoms with Gasteiger partial charge in [-0.05, 0) is 40.8 Å². The number of nitrogens with zero attached hydrogens (tertiary/aromatic N) is 1. The molecule has 0 atom stereocenters. The third-order valence-electron chi connectivity index (χ3n) is 4.88. The summed E-state index contributed by atoms with van der Waals surface area (Å²) < 4.78 is 0. The fourth-order valence-electron chi connectivity index (χ4n) is 3.32. The van der Waals surface area contributed by atoms with Crippen LogP contribution in [0.4, 0.5) is 0 Å². The lowest BCUT2D eigenvalue weighted by atomic mass is 9.64. The molecule has 1 fully saturated rings. The van der Waals surface area contributed by atoms with Crippen molar-refractivity contribution in [2.45, 2.75) is 50.9 Å².